The lowest BCUT2D eigenvalue weighted by molar-refractivity contribution is 0.169. The lowest BCUT2D eigenvalue weighted by atomic mass is 10.0. The Morgan fingerprint density at radius 3 is 2.67 bits per heavy atom. The minimum Gasteiger partial charge on any atom is -0.361 e. The van der Waals surface area contributed by atoms with Gasteiger partial charge in [0.2, 0.25) is 0 Å². The summed E-state index contributed by atoms with van der Waals surface area (Å²) in [6.07, 6.45) is 1.19. The number of rotatable bonds is 4. The summed E-state index contributed by atoms with van der Waals surface area (Å²) in [5, 5.41) is 7.79. The maximum absolute atomic E-state index is 5.17. The molecule has 0 amide bonds. The number of nitrogens with one attached hydrogen (secondary N) is 1. The fourth-order valence-corrected chi connectivity index (χ4v) is 4.00. The molecule has 1 saturated heterocycles. The minimum atomic E-state index is 0.501. The van der Waals surface area contributed by atoms with E-state index in [9.17, 15) is 0 Å². The lowest BCUT2D eigenvalue weighted by Gasteiger charge is -2.36. The third-order valence-electron chi connectivity index (χ3n) is 5.64. The first-order valence-electron chi connectivity index (χ1n) is 9.82. The van der Waals surface area contributed by atoms with Gasteiger partial charge in [0.15, 0.2) is 5.96 Å². The van der Waals surface area contributed by atoms with Crippen LogP contribution < -0.4 is 5.32 Å². The number of aromatic nitrogens is 1. The van der Waals surface area contributed by atoms with Crippen molar-refractivity contribution in [3.63, 3.8) is 0 Å². The van der Waals surface area contributed by atoms with Crippen LogP contribution in [0.3, 0.4) is 0 Å². The van der Waals surface area contributed by atoms with Gasteiger partial charge in [-0.25, -0.2) is 0 Å². The van der Waals surface area contributed by atoms with Gasteiger partial charge in [-0.2, -0.15) is 0 Å². The largest absolute Gasteiger partial charge is 0.361 e. The molecule has 6 heteroatoms. The summed E-state index contributed by atoms with van der Waals surface area (Å²) in [5.74, 6) is 2.52. The molecule has 0 spiro atoms. The first-order valence-corrected chi connectivity index (χ1v) is 9.82. The second kappa shape index (κ2) is 7.72. The van der Waals surface area contributed by atoms with Crippen molar-refractivity contribution in [2.45, 2.75) is 38.8 Å². The first kappa shape index (κ1) is 18.0. The minimum absolute atomic E-state index is 0.501. The highest BCUT2D eigenvalue weighted by atomic mass is 16.5. The number of guanidine groups is 1. The molecule has 1 aliphatic heterocycles. The molecule has 0 radical (unpaired) electrons. The van der Waals surface area contributed by atoms with E-state index in [1.54, 1.807) is 0 Å². The molecule has 144 valence electrons. The highest BCUT2D eigenvalue weighted by molar-refractivity contribution is 5.81. The standard InChI is InChI=1S/C21H29N5O/c1-15-6-4-5-7-18(15)19-13-20(19)23-21(22-3)26-10-8-25(9-11-26)14-17-12-16(2)27-24-17/h4-7,12,19-20H,8-11,13-14H2,1-3H3,(H,22,23). The van der Waals surface area contributed by atoms with Crippen molar-refractivity contribution < 1.29 is 4.52 Å². The lowest BCUT2D eigenvalue weighted by Crippen LogP contribution is -2.52. The van der Waals surface area contributed by atoms with E-state index in [-0.39, 0.29) is 0 Å². The van der Waals surface area contributed by atoms with Crippen LogP contribution in [0.1, 0.15) is 34.9 Å². The second-order valence-corrected chi connectivity index (χ2v) is 7.69. The van der Waals surface area contributed by atoms with Gasteiger partial charge in [-0.1, -0.05) is 29.4 Å². The van der Waals surface area contributed by atoms with Gasteiger partial charge >= 0.3 is 0 Å². The van der Waals surface area contributed by atoms with E-state index < -0.39 is 0 Å². The van der Waals surface area contributed by atoms with Crippen LogP contribution in [0.2, 0.25) is 0 Å². The van der Waals surface area contributed by atoms with E-state index in [4.69, 9.17) is 4.52 Å². The molecule has 27 heavy (non-hydrogen) atoms. The number of piperazine rings is 1. The average molecular weight is 367 g/mol. The fraction of sp³-hybridized carbons (Fsp3) is 0.524. The zero-order chi connectivity index (χ0) is 18.8. The van der Waals surface area contributed by atoms with Crippen LogP contribution in [0.4, 0.5) is 0 Å². The van der Waals surface area contributed by atoms with Gasteiger partial charge in [0.1, 0.15) is 5.76 Å². The molecule has 2 fully saturated rings. The quantitative estimate of drug-likeness (QED) is 0.665. The topological polar surface area (TPSA) is 56.9 Å². The Labute approximate surface area is 161 Å². The van der Waals surface area contributed by atoms with Crippen molar-refractivity contribution in [3.05, 3.63) is 52.9 Å². The molecule has 1 aromatic carbocycles. The van der Waals surface area contributed by atoms with E-state index in [2.05, 4.69) is 56.5 Å². The van der Waals surface area contributed by atoms with Crippen LogP contribution >= 0.6 is 0 Å². The fourth-order valence-electron chi connectivity index (χ4n) is 4.00. The summed E-state index contributed by atoms with van der Waals surface area (Å²) >= 11 is 0. The van der Waals surface area contributed by atoms with Crippen molar-refractivity contribution in [3.8, 4) is 0 Å². The van der Waals surface area contributed by atoms with Gasteiger partial charge in [-0.05, 0) is 31.4 Å². The third-order valence-corrected chi connectivity index (χ3v) is 5.64. The summed E-state index contributed by atoms with van der Waals surface area (Å²) in [7, 11) is 1.89. The predicted octanol–water partition coefficient (Wildman–Crippen LogP) is 2.54. The smallest absolute Gasteiger partial charge is 0.193 e. The molecule has 2 unspecified atom stereocenters. The van der Waals surface area contributed by atoms with E-state index in [0.29, 0.717) is 12.0 Å². The Morgan fingerprint density at radius 2 is 2.00 bits per heavy atom. The number of nitrogens with zero attached hydrogens (tertiary/aromatic N) is 4. The van der Waals surface area contributed by atoms with Gasteiger partial charge < -0.3 is 14.7 Å². The van der Waals surface area contributed by atoms with E-state index in [1.165, 1.54) is 17.5 Å². The van der Waals surface area contributed by atoms with Crippen molar-refractivity contribution in [2.24, 2.45) is 4.99 Å². The Hall–Kier alpha value is -2.34. The van der Waals surface area contributed by atoms with E-state index >= 15 is 0 Å². The highest BCUT2D eigenvalue weighted by Crippen LogP contribution is 2.42. The SMILES string of the molecule is CN=C(NC1CC1c1ccccc1C)N1CCN(Cc2cc(C)on2)CC1. The van der Waals surface area contributed by atoms with Gasteiger partial charge in [-0.15, -0.1) is 0 Å². The molecule has 2 heterocycles. The molecule has 2 aliphatic rings. The molecule has 1 saturated carbocycles. The molecule has 1 N–H and O–H groups in total. The second-order valence-electron chi connectivity index (χ2n) is 7.69. The predicted molar refractivity (Wildman–Crippen MR) is 107 cm³/mol. The Kier molecular flexibility index (Phi) is 5.16. The van der Waals surface area contributed by atoms with Gasteiger partial charge in [0.25, 0.3) is 0 Å². The van der Waals surface area contributed by atoms with Crippen molar-refractivity contribution in [2.75, 3.05) is 33.2 Å². The van der Waals surface area contributed by atoms with Gasteiger partial charge in [0.05, 0.1) is 5.69 Å². The van der Waals surface area contributed by atoms with Crippen molar-refractivity contribution in [1.29, 1.82) is 0 Å². The van der Waals surface area contributed by atoms with Crippen LogP contribution in [-0.4, -0.2) is 60.2 Å². The molecule has 2 aromatic rings. The Bertz CT molecular complexity index is 806. The summed E-state index contributed by atoms with van der Waals surface area (Å²) in [6, 6.07) is 11.2. The summed E-state index contributed by atoms with van der Waals surface area (Å²) in [5.41, 5.74) is 3.87. The zero-order valence-corrected chi connectivity index (χ0v) is 16.5. The molecule has 6 nitrogen and oxygen atoms in total. The maximum Gasteiger partial charge on any atom is 0.193 e. The average Bonchev–Trinajstić information content (AvgIpc) is 3.32. The molecular formula is C21H29N5O. The Balaban J connectivity index is 1.28. The maximum atomic E-state index is 5.17. The third kappa shape index (κ3) is 4.16. The molecule has 2 atom stereocenters. The number of hydrogen-bond donors (Lipinski definition) is 1. The molecule has 1 aliphatic carbocycles. The summed E-state index contributed by atoms with van der Waals surface area (Å²) in [4.78, 5) is 9.34. The van der Waals surface area contributed by atoms with Gasteiger partial charge in [0, 0.05) is 57.8 Å². The summed E-state index contributed by atoms with van der Waals surface area (Å²) in [6.45, 7) is 8.99. The van der Waals surface area contributed by atoms with Crippen molar-refractivity contribution in [1.82, 2.24) is 20.3 Å². The first-order chi connectivity index (χ1) is 13.1. The number of aryl methyl sites for hydroxylation is 2. The van der Waals surface area contributed by atoms with E-state index in [0.717, 1.165) is 50.1 Å². The number of benzene rings is 1. The van der Waals surface area contributed by atoms with Crippen LogP contribution in [-0.2, 0) is 6.54 Å². The molecule has 4 rings (SSSR count). The summed E-state index contributed by atoms with van der Waals surface area (Å²) < 4.78 is 5.17. The van der Waals surface area contributed by atoms with Gasteiger partial charge in [-0.3, -0.25) is 9.89 Å². The van der Waals surface area contributed by atoms with Crippen LogP contribution in [0.25, 0.3) is 0 Å². The Morgan fingerprint density at radius 1 is 1.22 bits per heavy atom. The molecule has 1 aromatic heterocycles. The van der Waals surface area contributed by atoms with Crippen LogP contribution in [0, 0.1) is 13.8 Å². The number of hydrogen-bond acceptors (Lipinski definition) is 4. The zero-order valence-electron chi connectivity index (χ0n) is 16.5. The number of aliphatic imine (C=N–C) groups is 1. The van der Waals surface area contributed by atoms with Crippen LogP contribution in [0.5, 0.6) is 0 Å². The highest BCUT2D eigenvalue weighted by Gasteiger charge is 2.40. The molecular weight excluding hydrogens is 338 g/mol. The molecule has 0 bridgehead atoms. The van der Waals surface area contributed by atoms with E-state index in [1.807, 2.05) is 20.0 Å². The van der Waals surface area contributed by atoms with Crippen LogP contribution in [0.15, 0.2) is 39.8 Å². The monoisotopic (exact) mass is 367 g/mol. The van der Waals surface area contributed by atoms with Crippen molar-refractivity contribution >= 4 is 5.96 Å². The normalized spacial score (nSPS) is 23.5.